The molecule has 2 aromatic rings. The molecule has 0 amide bonds. The lowest BCUT2D eigenvalue weighted by molar-refractivity contribution is 0.0982. The van der Waals surface area contributed by atoms with E-state index in [0.717, 1.165) is 0 Å². The van der Waals surface area contributed by atoms with Crippen LogP contribution in [-0.2, 0) is 6.42 Å². The van der Waals surface area contributed by atoms with Crippen LogP contribution in [0.3, 0.4) is 0 Å². The Morgan fingerprint density at radius 1 is 1.11 bits per heavy atom. The molecule has 0 unspecified atom stereocenters. The van der Waals surface area contributed by atoms with Crippen molar-refractivity contribution in [2.24, 2.45) is 0 Å². The third-order valence-electron chi connectivity index (χ3n) is 3.48. The Kier molecular flexibility index (Phi) is 4.10. The lowest BCUT2D eigenvalue weighted by Gasteiger charge is -2.08. The Morgan fingerprint density at radius 3 is 2.58 bits per heavy atom. The van der Waals surface area contributed by atoms with Gasteiger partial charge in [0.25, 0.3) is 0 Å². The topological polar surface area (TPSA) is 17.1 Å². The van der Waals surface area contributed by atoms with E-state index in [9.17, 15) is 9.18 Å². The summed E-state index contributed by atoms with van der Waals surface area (Å²) in [6, 6.07) is 12.0. The highest BCUT2D eigenvalue weighted by atomic mass is 19.1. The van der Waals surface area contributed by atoms with Gasteiger partial charge in [-0.2, -0.15) is 0 Å². The number of carbonyl (C=O) groups is 1. The number of Topliss-reactive ketones (excluding diaryl/α,β-unsaturated/α-hetero) is 1. The molecular weight excluding hydrogens is 239 g/mol. The van der Waals surface area contributed by atoms with Gasteiger partial charge in [0, 0.05) is 12.0 Å². The molecule has 0 aliphatic rings. The number of ketones is 1. The van der Waals surface area contributed by atoms with E-state index in [-0.39, 0.29) is 11.6 Å². The molecule has 0 aliphatic carbocycles. The Balaban J connectivity index is 2.07. The van der Waals surface area contributed by atoms with Gasteiger partial charge in [0.05, 0.1) is 0 Å². The zero-order valence-corrected chi connectivity index (χ0v) is 11.2. The molecule has 0 radical (unpaired) electrons. The summed E-state index contributed by atoms with van der Waals surface area (Å²) in [5.41, 5.74) is 4.10. The van der Waals surface area contributed by atoms with Crippen molar-refractivity contribution in [3.8, 4) is 0 Å². The first-order valence-corrected chi connectivity index (χ1v) is 6.42. The number of hydrogen-bond acceptors (Lipinski definition) is 1. The second kappa shape index (κ2) is 5.79. The minimum absolute atomic E-state index is 0.0135. The Hall–Kier alpha value is -1.96. The molecule has 0 saturated heterocycles. The van der Waals surface area contributed by atoms with E-state index < -0.39 is 0 Å². The molecule has 0 heterocycles. The van der Waals surface area contributed by atoms with Gasteiger partial charge in [-0.3, -0.25) is 4.79 Å². The number of benzene rings is 2. The average molecular weight is 256 g/mol. The number of aryl methyl sites for hydroxylation is 2. The Bertz CT molecular complexity index is 602. The van der Waals surface area contributed by atoms with Crippen molar-refractivity contribution in [3.63, 3.8) is 0 Å². The van der Waals surface area contributed by atoms with Crippen molar-refractivity contribution in [2.75, 3.05) is 0 Å². The molecule has 0 aromatic heterocycles. The summed E-state index contributed by atoms with van der Waals surface area (Å²) in [4.78, 5) is 12.0. The Morgan fingerprint density at radius 2 is 1.84 bits per heavy atom. The summed E-state index contributed by atoms with van der Waals surface area (Å²) in [5.74, 6) is -0.377. The van der Waals surface area contributed by atoms with Crippen LogP contribution in [0.1, 0.15) is 33.5 Å². The monoisotopic (exact) mass is 256 g/mol. The second-order valence-electron chi connectivity index (χ2n) is 4.79. The summed E-state index contributed by atoms with van der Waals surface area (Å²) in [6.45, 7) is 4.13. The second-order valence-corrected chi connectivity index (χ2v) is 4.79. The van der Waals surface area contributed by atoms with Crippen LogP contribution in [0, 0.1) is 19.7 Å². The number of hydrogen-bond donors (Lipinski definition) is 0. The van der Waals surface area contributed by atoms with E-state index in [0.29, 0.717) is 18.4 Å². The molecule has 0 saturated carbocycles. The normalized spacial score (nSPS) is 10.5. The number of rotatable bonds is 4. The van der Waals surface area contributed by atoms with Gasteiger partial charge in [-0.1, -0.05) is 30.3 Å². The fraction of sp³-hybridized carbons (Fsp3) is 0.235. The van der Waals surface area contributed by atoms with Crippen LogP contribution in [0.15, 0.2) is 42.5 Å². The highest BCUT2D eigenvalue weighted by Crippen LogP contribution is 2.16. The zero-order valence-electron chi connectivity index (χ0n) is 11.2. The summed E-state index contributed by atoms with van der Waals surface area (Å²) in [7, 11) is 0. The van der Waals surface area contributed by atoms with Gasteiger partial charge in [-0.15, -0.1) is 0 Å². The van der Waals surface area contributed by atoms with E-state index in [1.165, 1.54) is 28.8 Å². The van der Waals surface area contributed by atoms with E-state index in [1.54, 1.807) is 12.1 Å². The summed E-state index contributed by atoms with van der Waals surface area (Å²) >= 11 is 0. The summed E-state index contributed by atoms with van der Waals surface area (Å²) < 4.78 is 13.1. The molecule has 2 heteroatoms. The Labute approximate surface area is 113 Å². The van der Waals surface area contributed by atoms with E-state index in [2.05, 4.69) is 19.9 Å². The van der Waals surface area contributed by atoms with Crippen molar-refractivity contribution in [2.45, 2.75) is 26.7 Å². The molecule has 0 aliphatic heterocycles. The molecule has 0 spiro atoms. The highest BCUT2D eigenvalue weighted by Gasteiger charge is 2.08. The fourth-order valence-corrected chi connectivity index (χ4v) is 2.14. The van der Waals surface area contributed by atoms with Gasteiger partial charge < -0.3 is 0 Å². The highest BCUT2D eigenvalue weighted by molar-refractivity contribution is 5.96. The van der Waals surface area contributed by atoms with Gasteiger partial charge >= 0.3 is 0 Å². The van der Waals surface area contributed by atoms with E-state index >= 15 is 0 Å². The van der Waals surface area contributed by atoms with Crippen LogP contribution < -0.4 is 0 Å². The smallest absolute Gasteiger partial charge is 0.163 e. The standard InChI is InChI=1S/C17H17FO/c1-12-5-3-6-14(13(12)2)9-10-17(19)15-7-4-8-16(18)11-15/h3-8,11H,9-10H2,1-2H3. The van der Waals surface area contributed by atoms with Crippen molar-refractivity contribution in [1.82, 2.24) is 0 Å². The van der Waals surface area contributed by atoms with E-state index in [1.807, 2.05) is 12.1 Å². The first kappa shape index (κ1) is 13.5. The lowest BCUT2D eigenvalue weighted by atomic mass is 9.97. The molecule has 2 aromatic carbocycles. The first-order valence-electron chi connectivity index (χ1n) is 6.42. The maximum atomic E-state index is 13.1. The largest absolute Gasteiger partial charge is 0.294 e. The quantitative estimate of drug-likeness (QED) is 0.747. The molecule has 0 N–H and O–H groups in total. The molecule has 98 valence electrons. The minimum Gasteiger partial charge on any atom is -0.294 e. The van der Waals surface area contributed by atoms with Crippen molar-refractivity contribution < 1.29 is 9.18 Å². The molecule has 2 rings (SSSR count). The number of halogens is 1. The third kappa shape index (κ3) is 3.28. The van der Waals surface area contributed by atoms with Crippen LogP contribution in [0.4, 0.5) is 4.39 Å². The van der Waals surface area contributed by atoms with E-state index in [4.69, 9.17) is 0 Å². The van der Waals surface area contributed by atoms with Gasteiger partial charge in [-0.25, -0.2) is 4.39 Å². The van der Waals surface area contributed by atoms with Gasteiger partial charge in [0.1, 0.15) is 5.82 Å². The maximum absolute atomic E-state index is 13.1. The predicted molar refractivity (Wildman–Crippen MR) is 75.0 cm³/mol. The third-order valence-corrected chi connectivity index (χ3v) is 3.48. The van der Waals surface area contributed by atoms with Crippen LogP contribution in [0.25, 0.3) is 0 Å². The van der Waals surface area contributed by atoms with Crippen molar-refractivity contribution in [3.05, 3.63) is 70.5 Å². The average Bonchev–Trinajstić information content (AvgIpc) is 2.40. The SMILES string of the molecule is Cc1cccc(CCC(=O)c2cccc(F)c2)c1C. The molecule has 0 atom stereocenters. The van der Waals surface area contributed by atoms with Crippen LogP contribution in [-0.4, -0.2) is 5.78 Å². The molecule has 1 nitrogen and oxygen atoms in total. The lowest BCUT2D eigenvalue weighted by Crippen LogP contribution is -2.03. The zero-order chi connectivity index (χ0) is 13.8. The summed E-state index contributed by atoms with van der Waals surface area (Å²) in [6.07, 6.45) is 1.11. The molecule has 19 heavy (non-hydrogen) atoms. The minimum atomic E-state index is -0.363. The molecular formula is C17H17FO. The number of carbonyl (C=O) groups excluding carboxylic acids is 1. The first-order chi connectivity index (χ1) is 9.08. The van der Waals surface area contributed by atoms with Gasteiger partial charge in [0.15, 0.2) is 5.78 Å². The van der Waals surface area contributed by atoms with Crippen molar-refractivity contribution >= 4 is 5.78 Å². The van der Waals surface area contributed by atoms with Crippen molar-refractivity contribution in [1.29, 1.82) is 0 Å². The summed E-state index contributed by atoms with van der Waals surface area (Å²) in [5, 5.41) is 0. The van der Waals surface area contributed by atoms with Gasteiger partial charge in [-0.05, 0) is 49.1 Å². The fourth-order valence-electron chi connectivity index (χ4n) is 2.14. The molecule has 0 fully saturated rings. The van der Waals surface area contributed by atoms with Crippen LogP contribution in [0.5, 0.6) is 0 Å². The van der Waals surface area contributed by atoms with Crippen LogP contribution >= 0.6 is 0 Å². The maximum Gasteiger partial charge on any atom is 0.163 e. The van der Waals surface area contributed by atoms with Gasteiger partial charge in [0.2, 0.25) is 0 Å². The molecule has 0 bridgehead atoms. The van der Waals surface area contributed by atoms with Crippen LogP contribution in [0.2, 0.25) is 0 Å². The predicted octanol–water partition coefficient (Wildman–Crippen LogP) is 4.26.